The molecule has 2 aromatic rings. The second kappa shape index (κ2) is 5.49. The third-order valence-electron chi connectivity index (χ3n) is 2.18. The quantitative estimate of drug-likeness (QED) is 0.373. The number of carbonyl (C=O) groups excluding carboxylic acids is 1. The van der Waals surface area contributed by atoms with Crippen LogP contribution in [0.1, 0.15) is 17.3 Å². The standard InChI is InChI=1S/C11H10ClN3O2S/c1-3-17-10(16)7-4-6-5-13-11(18-2)15-9(6)14-8(7)12/h4-5H,3H2,1-2H3. The van der Waals surface area contributed by atoms with Gasteiger partial charge in [0, 0.05) is 11.6 Å². The van der Waals surface area contributed by atoms with Crippen molar-refractivity contribution >= 4 is 40.4 Å². The van der Waals surface area contributed by atoms with Gasteiger partial charge in [0.2, 0.25) is 0 Å². The Kier molecular flexibility index (Phi) is 3.98. The highest BCUT2D eigenvalue weighted by Gasteiger charge is 2.15. The third-order valence-corrected chi connectivity index (χ3v) is 3.03. The summed E-state index contributed by atoms with van der Waals surface area (Å²) in [6, 6.07) is 1.59. The highest BCUT2D eigenvalue weighted by Crippen LogP contribution is 2.21. The average Bonchev–Trinajstić information content (AvgIpc) is 2.37. The van der Waals surface area contributed by atoms with Crippen molar-refractivity contribution in [2.24, 2.45) is 0 Å². The van der Waals surface area contributed by atoms with Crippen LogP contribution in [0.2, 0.25) is 5.15 Å². The fraction of sp³-hybridized carbons (Fsp3) is 0.273. The molecule has 0 radical (unpaired) electrons. The number of nitrogens with zero attached hydrogens (tertiary/aromatic N) is 3. The second-order valence-corrected chi connectivity index (χ2v) is 4.45. The molecule has 0 saturated carbocycles. The van der Waals surface area contributed by atoms with Crippen molar-refractivity contribution in [1.82, 2.24) is 15.0 Å². The van der Waals surface area contributed by atoms with E-state index in [1.807, 2.05) is 6.26 Å². The predicted octanol–water partition coefficient (Wildman–Crippen LogP) is 2.58. The van der Waals surface area contributed by atoms with Gasteiger partial charge in [-0.25, -0.2) is 19.7 Å². The number of halogens is 1. The van der Waals surface area contributed by atoms with Gasteiger partial charge in [-0.15, -0.1) is 0 Å². The van der Waals surface area contributed by atoms with E-state index in [0.717, 1.165) is 0 Å². The molecule has 0 N–H and O–H groups in total. The van der Waals surface area contributed by atoms with Crippen molar-refractivity contribution in [1.29, 1.82) is 0 Å². The molecule has 2 aromatic heterocycles. The molecule has 0 saturated heterocycles. The lowest BCUT2D eigenvalue weighted by Gasteiger charge is -2.05. The molecule has 0 amide bonds. The maximum absolute atomic E-state index is 11.6. The predicted molar refractivity (Wildman–Crippen MR) is 70.1 cm³/mol. The maximum atomic E-state index is 11.6. The average molecular weight is 284 g/mol. The molecule has 0 bridgehead atoms. The molecule has 0 aliphatic heterocycles. The molecule has 2 rings (SSSR count). The van der Waals surface area contributed by atoms with Crippen LogP contribution >= 0.6 is 23.4 Å². The lowest BCUT2D eigenvalue weighted by atomic mass is 10.2. The lowest BCUT2D eigenvalue weighted by Crippen LogP contribution is -2.07. The van der Waals surface area contributed by atoms with Crippen LogP contribution in [0.15, 0.2) is 17.4 Å². The number of fused-ring (bicyclic) bond motifs is 1. The molecule has 0 spiro atoms. The molecule has 0 unspecified atom stereocenters. The Morgan fingerprint density at radius 3 is 2.94 bits per heavy atom. The number of aromatic nitrogens is 3. The van der Waals surface area contributed by atoms with Gasteiger partial charge in [0.1, 0.15) is 5.15 Å². The number of ether oxygens (including phenoxy) is 1. The molecule has 0 aliphatic rings. The van der Waals surface area contributed by atoms with E-state index < -0.39 is 5.97 Å². The number of hydrogen-bond acceptors (Lipinski definition) is 6. The minimum Gasteiger partial charge on any atom is -0.462 e. The van der Waals surface area contributed by atoms with Crippen LogP contribution in [0, 0.1) is 0 Å². The number of carbonyl (C=O) groups is 1. The van der Waals surface area contributed by atoms with E-state index in [9.17, 15) is 4.79 Å². The first-order valence-corrected chi connectivity index (χ1v) is 6.80. The molecule has 0 aromatic carbocycles. The van der Waals surface area contributed by atoms with Crippen molar-refractivity contribution in [2.75, 3.05) is 12.9 Å². The van der Waals surface area contributed by atoms with Crippen molar-refractivity contribution < 1.29 is 9.53 Å². The SMILES string of the molecule is CCOC(=O)c1cc2cnc(SC)nc2nc1Cl. The summed E-state index contributed by atoms with van der Waals surface area (Å²) < 4.78 is 4.89. The summed E-state index contributed by atoms with van der Waals surface area (Å²) in [5, 5.41) is 1.35. The minimum atomic E-state index is -0.495. The van der Waals surface area contributed by atoms with Crippen molar-refractivity contribution in [3.8, 4) is 0 Å². The minimum absolute atomic E-state index is 0.0895. The summed E-state index contributed by atoms with van der Waals surface area (Å²) in [6.07, 6.45) is 3.48. The Labute approximate surface area is 113 Å². The summed E-state index contributed by atoms with van der Waals surface area (Å²) in [6.45, 7) is 2.02. The highest BCUT2D eigenvalue weighted by atomic mass is 35.5. The van der Waals surface area contributed by atoms with Gasteiger partial charge in [-0.05, 0) is 19.2 Å². The van der Waals surface area contributed by atoms with Crippen LogP contribution in [-0.4, -0.2) is 33.8 Å². The van der Waals surface area contributed by atoms with Crippen LogP contribution in [0.5, 0.6) is 0 Å². The van der Waals surface area contributed by atoms with Crippen LogP contribution in [-0.2, 0) is 4.74 Å². The van der Waals surface area contributed by atoms with E-state index in [0.29, 0.717) is 16.2 Å². The smallest absolute Gasteiger partial charge is 0.341 e. The van der Waals surface area contributed by atoms with Crippen LogP contribution < -0.4 is 0 Å². The van der Waals surface area contributed by atoms with Gasteiger partial charge in [-0.1, -0.05) is 23.4 Å². The molecule has 0 atom stereocenters. The number of hydrogen-bond donors (Lipinski definition) is 0. The van der Waals surface area contributed by atoms with Crippen LogP contribution in [0.3, 0.4) is 0 Å². The van der Waals surface area contributed by atoms with Crippen molar-refractivity contribution in [3.05, 3.63) is 23.0 Å². The summed E-state index contributed by atoms with van der Waals surface area (Å²) >= 11 is 7.36. The maximum Gasteiger partial charge on any atom is 0.341 e. The molecule has 94 valence electrons. The van der Waals surface area contributed by atoms with Gasteiger partial charge in [0.15, 0.2) is 10.8 Å². The fourth-order valence-electron chi connectivity index (χ4n) is 1.38. The number of pyridine rings is 1. The largest absolute Gasteiger partial charge is 0.462 e. The first-order chi connectivity index (χ1) is 8.65. The lowest BCUT2D eigenvalue weighted by molar-refractivity contribution is 0.0526. The Bertz CT molecular complexity index is 606. The monoisotopic (exact) mass is 283 g/mol. The van der Waals surface area contributed by atoms with Gasteiger partial charge in [-0.3, -0.25) is 0 Å². The van der Waals surface area contributed by atoms with E-state index in [4.69, 9.17) is 16.3 Å². The van der Waals surface area contributed by atoms with Crippen molar-refractivity contribution in [3.63, 3.8) is 0 Å². The van der Waals surface area contributed by atoms with E-state index in [1.165, 1.54) is 11.8 Å². The molecular weight excluding hydrogens is 274 g/mol. The zero-order valence-electron chi connectivity index (χ0n) is 9.81. The van der Waals surface area contributed by atoms with Crippen LogP contribution in [0.4, 0.5) is 0 Å². The Morgan fingerprint density at radius 1 is 1.50 bits per heavy atom. The zero-order chi connectivity index (χ0) is 13.1. The summed E-state index contributed by atoms with van der Waals surface area (Å²) in [4.78, 5) is 24.1. The van der Waals surface area contributed by atoms with Gasteiger partial charge in [-0.2, -0.15) is 0 Å². The molecule has 0 fully saturated rings. The van der Waals surface area contributed by atoms with E-state index >= 15 is 0 Å². The van der Waals surface area contributed by atoms with E-state index in [1.54, 1.807) is 19.2 Å². The Morgan fingerprint density at radius 2 is 2.28 bits per heavy atom. The fourth-order valence-corrected chi connectivity index (χ4v) is 1.92. The van der Waals surface area contributed by atoms with E-state index in [2.05, 4.69) is 15.0 Å². The number of esters is 1. The topological polar surface area (TPSA) is 65.0 Å². The van der Waals surface area contributed by atoms with Crippen molar-refractivity contribution in [2.45, 2.75) is 12.1 Å². The molecule has 2 heterocycles. The summed E-state index contributed by atoms with van der Waals surface area (Å²) in [5.41, 5.74) is 0.693. The molecule has 18 heavy (non-hydrogen) atoms. The molecule has 5 nitrogen and oxygen atoms in total. The van der Waals surface area contributed by atoms with Gasteiger partial charge >= 0.3 is 5.97 Å². The molecule has 0 aliphatic carbocycles. The Hall–Kier alpha value is -1.40. The van der Waals surface area contributed by atoms with Gasteiger partial charge in [0.05, 0.1) is 12.2 Å². The first kappa shape index (κ1) is 13.0. The number of thioether (sulfide) groups is 1. The first-order valence-electron chi connectivity index (χ1n) is 5.20. The Balaban J connectivity index is 2.52. The van der Waals surface area contributed by atoms with Gasteiger partial charge in [0.25, 0.3) is 0 Å². The van der Waals surface area contributed by atoms with Crippen LogP contribution in [0.25, 0.3) is 11.0 Å². The summed E-state index contributed by atoms with van der Waals surface area (Å²) in [5.74, 6) is -0.495. The summed E-state index contributed by atoms with van der Waals surface area (Å²) in [7, 11) is 0. The van der Waals surface area contributed by atoms with Gasteiger partial charge < -0.3 is 4.74 Å². The molecule has 7 heteroatoms. The normalized spacial score (nSPS) is 10.6. The highest BCUT2D eigenvalue weighted by molar-refractivity contribution is 7.98. The van der Waals surface area contributed by atoms with E-state index in [-0.39, 0.29) is 17.3 Å². The second-order valence-electron chi connectivity index (χ2n) is 3.32. The zero-order valence-corrected chi connectivity index (χ0v) is 11.4. The number of rotatable bonds is 3. The molecular formula is C11H10ClN3O2S. The third kappa shape index (κ3) is 2.54.